The Balaban J connectivity index is 2.56. The van der Waals surface area contributed by atoms with E-state index in [4.69, 9.17) is 23.7 Å². The van der Waals surface area contributed by atoms with Gasteiger partial charge in [0.2, 0.25) is 11.5 Å². The second-order valence-electron chi connectivity index (χ2n) is 6.43. The number of esters is 1. The number of methoxy groups -OCH3 is 4. The predicted molar refractivity (Wildman–Crippen MR) is 108 cm³/mol. The quantitative estimate of drug-likeness (QED) is 0.179. The van der Waals surface area contributed by atoms with Gasteiger partial charge < -0.3 is 28.5 Å². The number of ether oxygens (including phenoxy) is 5. The third-order valence-electron chi connectivity index (χ3n) is 4.56. The summed E-state index contributed by atoms with van der Waals surface area (Å²) in [5.74, 6) is 1.77. The van der Waals surface area contributed by atoms with Gasteiger partial charge in [-0.2, -0.15) is 0 Å². The molecule has 0 atom stereocenters. The van der Waals surface area contributed by atoms with Crippen LogP contribution in [-0.2, 0) is 20.8 Å². The number of hydrogen-bond donors (Lipinski definition) is 0. The molecule has 0 aromatic heterocycles. The lowest BCUT2D eigenvalue weighted by Crippen LogP contribution is -2.09. The molecule has 30 heavy (non-hydrogen) atoms. The highest BCUT2D eigenvalue weighted by Gasteiger charge is 2.25. The molecule has 170 valence electrons. The first-order valence-electron chi connectivity index (χ1n) is 9.69. The van der Waals surface area contributed by atoms with Gasteiger partial charge in [0, 0.05) is 17.5 Å². The van der Waals surface area contributed by atoms with Gasteiger partial charge in [-0.15, -0.1) is 10.1 Å². The largest absolute Gasteiger partial charge is 0.492 e. The highest BCUT2D eigenvalue weighted by Crippen LogP contribution is 2.49. The van der Waals surface area contributed by atoms with Crippen molar-refractivity contribution in [1.29, 1.82) is 0 Å². The Kier molecular flexibility index (Phi) is 11.2. The molecule has 0 heterocycles. The van der Waals surface area contributed by atoms with Gasteiger partial charge in [0.15, 0.2) is 11.5 Å². The van der Waals surface area contributed by atoms with Crippen LogP contribution in [0.4, 0.5) is 0 Å². The summed E-state index contributed by atoms with van der Waals surface area (Å²) in [6, 6.07) is 0. The molecule has 0 unspecified atom stereocenters. The fraction of sp³-hybridized carbons (Fsp3) is 0.650. The molecule has 0 aliphatic heterocycles. The first kappa shape index (κ1) is 25.1. The van der Waals surface area contributed by atoms with Gasteiger partial charge >= 0.3 is 5.97 Å². The molecule has 10 heteroatoms. The van der Waals surface area contributed by atoms with Crippen molar-refractivity contribution < 1.29 is 38.4 Å². The van der Waals surface area contributed by atoms with Gasteiger partial charge in [-0.3, -0.25) is 4.79 Å². The van der Waals surface area contributed by atoms with Crippen LogP contribution in [0.3, 0.4) is 0 Å². The lowest BCUT2D eigenvalue weighted by molar-refractivity contribution is -0.757. The standard InChI is InChI=1S/C20H31NO9/c1-14-15(18(26-3)20(28-5)19(27-4)17(14)25-2)10-9-12-29-16(22)11-7-6-8-13-30-21(23)24/h6-13H2,1-5H3. The van der Waals surface area contributed by atoms with Crippen LogP contribution in [0.2, 0.25) is 0 Å². The van der Waals surface area contributed by atoms with Crippen LogP contribution >= 0.6 is 0 Å². The second-order valence-corrected chi connectivity index (χ2v) is 6.43. The lowest BCUT2D eigenvalue weighted by Gasteiger charge is -2.21. The molecule has 0 bridgehead atoms. The van der Waals surface area contributed by atoms with Gasteiger partial charge in [0.25, 0.3) is 5.09 Å². The van der Waals surface area contributed by atoms with Crippen LogP contribution in [0, 0.1) is 17.0 Å². The Labute approximate surface area is 176 Å². The minimum absolute atomic E-state index is 0.0397. The fourth-order valence-electron chi connectivity index (χ4n) is 3.15. The number of carbonyl (C=O) groups is 1. The first-order valence-corrected chi connectivity index (χ1v) is 9.69. The van der Waals surface area contributed by atoms with Gasteiger partial charge in [0.05, 0.1) is 41.7 Å². The van der Waals surface area contributed by atoms with Crippen molar-refractivity contribution in [2.75, 3.05) is 41.7 Å². The Bertz CT molecular complexity index is 706. The number of nitrogens with zero attached hydrogens (tertiary/aromatic N) is 1. The number of hydrogen-bond acceptors (Lipinski definition) is 9. The Morgan fingerprint density at radius 2 is 1.43 bits per heavy atom. The molecule has 0 saturated heterocycles. The van der Waals surface area contributed by atoms with Crippen LogP contribution in [0.25, 0.3) is 0 Å². The van der Waals surface area contributed by atoms with Crippen molar-refractivity contribution in [3.63, 3.8) is 0 Å². The molecule has 1 rings (SSSR count). The number of unbranched alkanes of at least 4 members (excludes halogenated alkanes) is 2. The van der Waals surface area contributed by atoms with E-state index >= 15 is 0 Å². The minimum atomic E-state index is -0.820. The van der Waals surface area contributed by atoms with E-state index in [-0.39, 0.29) is 25.6 Å². The van der Waals surface area contributed by atoms with E-state index in [0.29, 0.717) is 55.1 Å². The van der Waals surface area contributed by atoms with Crippen LogP contribution in [-0.4, -0.2) is 52.7 Å². The topological polar surface area (TPSA) is 116 Å². The van der Waals surface area contributed by atoms with Gasteiger partial charge in [-0.25, -0.2) is 0 Å². The van der Waals surface area contributed by atoms with Crippen molar-refractivity contribution in [2.24, 2.45) is 0 Å². The van der Waals surface area contributed by atoms with Gasteiger partial charge in [-0.05, 0) is 32.6 Å². The van der Waals surface area contributed by atoms with Crippen LogP contribution in [0.15, 0.2) is 0 Å². The van der Waals surface area contributed by atoms with Crippen molar-refractivity contribution in [3.05, 3.63) is 21.2 Å². The summed E-state index contributed by atoms with van der Waals surface area (Å²) in [6.45, 7) is 2.22. The summed E-state index contributed by atoms with van der Waals surface area (Å²) >= 11 is 0. The molecule has 0 amide bonds. The maximum absolute atomic E-state index is 11.8. The van der Waals surface area contributed by atoms with Crippen LogP contribution < -0.4 is 18.9 Å². The van der Waals surface area contributed by atoms with Crippen molar-refractivity contribution >= 4 is 5.97 Å². The SMILES string of the molecule is COc1c(C)c(CCCOC(=O)CCCCCO[N+](=O)[O-])c(OC)c(OC)c1OC. The number of benzene rings is 1. The van der Waals surface area contributed by atoms with E-state index in [9.17, 15) is 14.9 Å². The molecule has 0 aliphatic carbocycles. The average molecular weight is 429 g/mol. The molecule has 0 N–H and O–H groups in total. The van der Waals surface area contributed by atoms with E-state index in [2.05, 4.69) is 4.84 Å². The van der Waals surface area contributed by atoms with Gasteiger partial charge in [-0.1, -0.05) is 6.42 Å². The molecule has 0 aliphatic rings. The Morgan fingerprint density at radius 3 is 2.00 bits per heavy atom. The van der Waals surface area contributed by atoms with Crippen LogP contribution in [0.1, 0.15) is 43.2 Å². The van der Waals surface area contributed by atoms with Crippen LogP contribution in [0.5, 0.6) is 23.0 Å². The zero-order valence-corrected chi connectivity index (χ0v) is 18.3. The smallest absolute Gasteiger partial charge is 0.305 e. The third-order valence-corrected chi connectivity index (χ3v) is 4.56. The number of rotatable bonds is 15. The Morgan fingerprint density at radius 1 is 0.833 bits per heavy atom. The van der Waals surface area contributed by atoms with E-state index in [1.165, 1.54) is 14.2 Å². The fourth-order valence-corrected chi connectivity index (χ4v) is 3.15. The lowest BCUT2D eigenvalue weighted by atomic mass is 10.00. The van der Waals surface area contributed by atoms with E-state index in [0.717, 1.165) is 11.1 Å². The monoisotopic (exact) mass is 429 g/mol. The summed E-state index contributed by atoms with van der Waals surface area (Å²) < 4.78 is 27.2. The molecule has 10 nitrogen and oxygen atoms in total. The first-order chi connectivity index (χ1) is 14.4. The summed E-state index contributed by atoms with van der Waals surface area (Å²) in [5.41, 5.74) is 1.77. The summed E-state index contributed by atoms with van der Waals surface area (Å²) in [7, 11) is 6.19. The number of carbonyl (C=O) groups excluding carboxylic acids is 1. The maximum Gasteiger partial charge on any atom is 0.305 e. The average Bonchev–Trinajstić information content (AvgIpc) is 2.73. The van der Waals surface area contributed by atoms with Crippen molar-refractivity contribution in [3.8, 4) is 23.0 Å². The van der Waals surface area contributed by atoms with Gasteiger partial charge in [0.1, 0.15) is 0 Å². The van der Waals surface area contributed by atoms with Crippen molar-refractivity contribution in [2.45, 2.75) is 45.4 Å². The van der Waals surface area contributed by atoms with E-state index < -0.39 is 5.09 Å². The minimum Gasteiger partial charge on any atom is -0.492 e. The zero-order valence-electron chi connectivity index (χ0n) is 18.3. The molecule has 0 saturated carbocycles. The highest BCUT2D eigenvalue weighted by atomic mass is 16.9. The maximum atomic E-state index is 11.8. The molecule has 0 fully saturated rings. The van der Waals surface area contributed by atoms with E-state index in [1.807, 2.05) is 6.92 Å². The second kappa shape index (κ2) is 13.3. The summed E-state index contributed by atoms with van der Waals surface area (Å²) in [6.07, 6.45) is 3.24. The Hall–Kier alpha value is -2.91. The zero-order chi connectivity index (χ0) is 22.5. The molecule has 1 aromatic rings. The molecular weight excluding hydrogens is 398 g/mol. The van der Waals surface area contributed by atoms with E-state index in [1.54, 1.807) is 14.2 Å². The summed E-state index contributed by atoms with van der Waals surface area (Å²) in [4.78, 5) is 26.1. The molecule has 1 aromatic carbocycles. The predicted octanol–water partition coefficient (Wildman–Crippen LogP) is 3.27. The third kappa shape index (κ3) is 7.16. The molecular formula is C20H31NO9. The molecule has 0 spiro atoms. The normalized spacial score (nSPS) is 10.3. The summed E-state index contributed by atoms with van der Waals surface area (Å²) in [5, 5.41) is 9.22. The van der Waals surface area contributed by atoms with Crippen molar-refractivity contribution in [1.82, 2.24) is 0 Å². The molecule has 0 radical (unpaired) electrons. The highest BCUT2D eigenvalue weighted by molar-refractivity contribution is 5.69.